The maximum atomic E-state index is 12.7. The molecule has 492 valence electrons. The quantitative estimate of drug-likeness (QED) is 0.0252. The molecule has 0 aliphatic carbocycles. The van der Waals surface area contributed by atoms with Gasteiger partial charge >= 0.3 is 0 Å². The Bertz CT molecular complexity index is 1880. The van der Waals surface area contributed by atoms with Crippen LogP contribution < -0.4 is 74.4 Å². The van der Waals surface area contributed by atoms with Crippen molar-refractivity contribution in [2.45, 2.75) is 61.7 Å². The first-order valence-corrected chi connectivity index (χ1v) is 26.8. The number of ether oxygens (including phenoxy) is 8. The zero-order valence-corrected chi connectivity index (χ0v) is 50.7. The minimum Gasteiger partial charge on any atom is -0.369 e. The van der Waals surface area contributed by atoms with Crippen LogP contribution in [0, 0.1) is 0 Å². The van der Waals surface area contributed by atoms with Crippen molar-refractivity contribution >= 4 is 82.7 Å². The Labute approximate surface area is 498 Å². The van der Waals surface area contributed by atoms with Crippen LogP contribution in [0.3, 0.4) is 0 Å². The van der Waals surface area contributed by atoms with Crippen molar-refractivity contribution in [3.8, 4) is 0 Å². The molecule has 14 amide bonds. The van der Waals surface area contributed by atoms with E-state index < -0.39 is 95.4 Å². The highest BCUT2D eigenvalue weighted by Crippen LogP contribution is 2.22. The van der Waals surface area contributed by atoms with Crippen molar-refractivity contribution in [3.05, 3.63) is 0 Å². The third-order valence-electron chi connectivity index (χ3n) is 11.2. The molecule has 0 fully saturated rings. The molecule has 0 unspecified atom stereocenters. The second-order valence-electron chi connectivity index (χ2n) is 18.2. The van der Waals surface area contributed by atoms with Gasteiger partial charge in [-0.05, 0) is 0 Å². The predicted octanol–water partition coefficient (Wildman–Crippen LogP) is -9.41. The SMILES string of the molecule is CNC(=O)CC(CC(=O)NC)(CC(=O)NC)NC(=O)COCCOCC(=O)NC(CC(=O)NC)(CC(=O)NC)CC(=O)NC.CNC(=O)COCC(COCC(=O)NC)NC(=O)COCCOCC(=O)NC(COCC(=O)NC)COCC(=O)NC. The third kappa shape index (κ3) is 41.3. The number of carbonyl (C=O) groups excluding carboxylic acids is 14. The molecule has 14 N–H and O–H groups in total. The zero-order valence-electron chi connectivity index (χ0n) is 50.7. The molecule has 0 atom stereocenters. The van der Waals surface area contributed by atoms with E-state index in [4.69, 9.17) is 37.9 Å². The van der Waals surface area contributed by atoms with Crippen LogP contribution in [0.15, 0.2) is 0 Å². The second kappa shape index (κ2) is 48.5. The fourth-order valence-electron chi connectivity index (χ4n) is 6.84. The van der Waals surface area contributed by atoms with E-state index >= 15 is 0 Å². The molecule has 0 aliphatic heterocycles. The molecule has 36 nitrogen and oxygen atoms in total. The highest BCUT2D eigenvalue weighted by molar-refractivity contribution is 5.89. The molecule has 86 heavy (non-hydrogen) atoms. The summed E-state index contributed by atoms with van der Waals surface area (Å²) < 4.78 is 42.1. The molecule has 0 heterocycles. The topological polar surface area (TPSA) is 481 Å². The Morgan fingerprint density at radius 2 is 0.419 bits per heavy atom. The van der Waals surface area contributed by atoms with Gasteiger partial charge in [0.1, 0.15) is 52.9 Å². The van der Waals surface area contributed by atoms with Gasteiger partial charge < -0.3 is 112 Å². The summed E-state index contributed by atoms with van der Waals surface area (Å²) in [5.74, 6) is -6.81. The summed E-state index contributed by atoms with van der Waals surface area (Å²) in [6.07, 6.45) is -2.11. The van der Waals surface area contributed by atoms with E-state index in [0.717, 1.165) is 0 Å². The van der Waals surface area contributed by atoms with Gasteiger partial charge in [-0.2, -0.15) is 0 Å². The number of likely N-dealkylation sites (N-methyl/N-ethyl adjacent to an activating group) is 4. The van der Waals surface area contributed by atoms with E-state index in [2.05, 4.69) is 74.4 Å². The zero-order chi connectivity index (χ0) is 65.4. The Morgan fingerprint density at radius 3 is 0.605 bits per heavy atom. The third-order valence-corrected chi connectivity index (χ3v) is 11.2. The minimum atomic E-state index is -1.53. The Morgan fingerprint density at radius 1 is 0.244 bits per heavy atom. The second-order valence-corrected chi connectivity index (χ2v) is 18.2. The molecule has 0 aromatic rings. The van der Waals surface area contributed by atoms with Crippen molar-refractivity contribution in [1.82, 2.24) is 74.4 Å². The van der Waals surface area contributed by atoms with Crippen LogP contribution in [0.2, 0.25) is 0 Å². The number of nitrogens with one attached hydrogen (secondary N) is 14. The van der Waals surface area contributed by atoms with Gasteiger partial charge in [-0.25, -0.2) is 0 Å². The fraction of sp³-hybridized carbons (Fsp3) is 0.720. The molecular weight excluding hydrogens is 1150 g/mol. The summed E-state index contributed by atoms with van der Waals surface area (Å²) in [7, 11) is 14.1. The number of hydrogen-bond donors (Lipinski definition) is 14. The summed E-state index contributed by atoms with van der Waals surface area (Å²) in [5, 5.41) is 34.5. The molecule has 0 saturated carbocycles. The van der Waals surface area contributed by atoms with E-state index in [-0.39, 0.29) is 155 Å². The van der Waals surface area contributed by atoms with Gasteiger partial charge in [0.15, 0.2) is 0 Å². The van der Waals surface area contributed by atoms with E-state index in [9.17, 15) is 67.1 Å². The first-order chi connectivity index (χ1) is 40.9. The van der Waals surface area contributed by atoms with E-state index in [1.165, 1.54) is 70.5 Å². The molecule has 0 bridgehead atoms. The maximum absolute atomic E-state index is 12.7. The van der Waals surface area contributed by atoms with Crippen LogP contribution in [0.25, 0.3) is 0 Å². The Hall–Kier alpha value is -7.74. The van der Waals surface area contributed by atoms with Gasteiger partial charge in [0, 0.05) is 70.5 Å². The molecule has 36 heteroatoms. The van der Waals surface area contributed by atoms with E-state index in [0.29, 0.717) is 0 Å². The summed E-state index contributed by atoms with van der Waals surface area (Å²) in [5.41, 5.74) is -3.06. The van der Waals surface area contributed by atoms with Crippen molar-refractivity contribution in [1.29, 1.82) is 0 Å². The molecule has 0 saturated heterocycles. The highest BCUT2D eigenvalue weighted by atomic mass is 16.5. The smallest absolute Gasteiger partial charge is 0.246 e. The lowest BCUT2D eigenvalue weighted by atomic mass is 9.86. The van der Waals surface area contributed by atoms with Crippen LogP contribution in [0.4, 0.5) is 0 Å². The normalized spacial score (nSPS) is 10.8. The molecule has 0 aromatic heterocycles. The fourth-order valence-corrected chi connectivity index (χ4v) is 6.84. The number of rotatable bonds is 46. The van der Waals surface area contributed by atoms with Gasteiger partial charge in [-0.3, -0.25) is 67.1 Å². The van der Waals surface area contributed by atoms with Crippen molar-refractivity contribution in [2.75, 3.05) is 176 Å². The number of hydrogen-bond acceptors (Lipinski definition) is 22. The molecule has 0 aromatic carbocycles. The number of amides is 14. The average Bonchev–Trinajstić information content (AvgIpc) is 2.00. The molecule has 0 spiro atoms. The van der Waals surface area contributed by atoms with Gasteiger partial charge in [0.25, 0.3) is 0 Å². The Balaban J connectivity index is 0. The molecular formula is C50H90N14O22. The Kier molecular flexibility index (Phi) is 45.3. The number of carbonyl (C=O) groups is 14. The molecule has 0 rings (SSSR count). The van der Waals surface area contributed by atoms with Crippen molar-refractivity contribution < 1.29 is 105 Å². The largest absolute Gasteiger partial charge is 0.369 e. The van der Waals surface area contributed by atoms with Crippen molar-refractivity contribution in [2.24, 2.45) is 0 Å². The maximum Gasteiger partial charge on any atom is 0.246 e. The summed E-state index contributed by atoms with van der Waals surface area (Å²) in [4.78, 5) is 168. The van der Waals surface area contributed by atoms with Crippen LogP contribution in [-0.4, -0.2) is 282 Å². The van der Waals surface area contributed by atoms with Gasteiger partial charge in [0.05, 0.1) is 115 Å². The lowest BCUT2D eigenvalue weighted by molar-refractivity contribution is -0.136. The van der Waals surface area contributed by atoms with Crippen LogP contribution in [0.1, 0.15) is 38.5 Å². The van der Waals surface area contributed by atoms with Gasteiger partial charge in [0.2, 0.25) is 82.7 Å². The molecule has 0 radical (unpaired) electrons. The highest BCUT2D eigenvalue weighted by Gasteiger charge is 2.40. The standard InChI is InChI=1S/C26H46N8O10.C24H44N6O12/c1-27-17(35)9-25(10-18(36)28-2,11-19(37)29-3)33-23(41)15-43-7-8-44-16-24(42)34-26(12-20(38)30-4,13-21(39)31-5)14-22(40)32-6;1-25-19(31)11-39-7-17(8-40-12-20(32)26-2)29-23(35)15-37-5-6-38-16-24(36)30-18(9-41-13-21(33)27-3)10-42-14-22(34)28-4/h7-16H2,1-6H3,(H,27,35)(H,28,36)(H,29,37)(H,30,38)(H,31,39)(H,32,40)(H,33,41)(H,34,42);17-18H,5-16H2,1-4H3,(H,25,31)(H,26,32)(H,27,33)(H,28,34)(H,29,35)(H,30,36). The van der Waals surface area contributed by atoms with Gasteiger partial charge in [-0.15, -0.1) is 0 Å². The lowest BCUT2D eigenvalue weighted by Crippen LogP contribution is -2.56. The summed E-state index contributed by atoms with van der Waals surface area (Å²) >= 11 is 0. The first kappa shape index (κ1) is 80.3. The summed E-state index contributed by atoms with van der Waals surface area (Å²) in [6, 6.07) is -1.30. The van der Waals surface area contributed by atoms with Crippen LogP contribution >= 0.6 is 0 Å². The lowest BCUT2D eigenvalue weighted by Gasteiger charge is -2.33. The summed E-state index contributed by atoms with van der Waals surface area (Å²) in [6.45, 7) is -3.01. The minimum absolute atomic E-state index is 0.000378. The van der Waals surface area contributed by atoms with E-state index in [1.807, 2.05) is 0 Å². The molecule has 0 aliphatic rings. The van der Waals surface area contributed by atoms with Crippen LogP contribution in [-0.2, 0) is 105 Å². The predicted molar refractivity (Wildman–Crippen MR) is 301 cm³/mol. The average molecular weight is 1240 g/mol. The monoisotopic (exact) mass is 1240 g/mol. The van der Waals surface area contributed by atoms with Crippen molar-refractivity contribution in [3.63, 3.8) is 0 Å². The van der Waals surface area contributed by atoms with Gasteiger partial charge in [-0.1, -0.05) is 0 Å². The van der Waals surface area contributed by atoms with E-state index in [1.54, 1.807) is 0 Å². The first-order valence-electron chi connectivity index (χ1n) is 26.8. The van der Waals surface area contributed by atoms with Crippen LogP contribution in [0.5, 0.6) is 0 Å².